The number of esters is 1. The van der Waals surface area contributed by atoms with Gasteiger partial charge in [0.05, 0.1) is 37.1 Å². The normalized spacial score (nSPS) is 29.8. The molecule has 0 bridgehead atoms. The molecule has 0 amide bonds. The summed E-state index contributed by atoms with van der Waals surface area (Å²) in [4.78, 5) is 34.3. The summed E-state index contributed by atoms with van der Waals surface area (Å²) in [5, 5.41) is 49.0. The standard InChI is InChI=1S/C27H44O11/c1-15(12-23(31)37-19(27(34)35)9-7-5-4-6-8-10-22(29)30)11-20-25(33)24(32)18(14-36-20)13-21-26(38-21)16(2)17(3)28/h12,16-21,24-26,28,32-33H,4-11,13-14H2,1-3H3,(H,29,30)(H,34,35)/t16?,17?,18-,19?,20?,21-,24+,25-,26?/m0/s1. The second kappa shape index (κ2) is 15.5. The summed E-state index contributed by atoms with van der Waals surface area (Å²) in [6.45, 7) is 5.47. The van der Waals surface area contributed by atoms with Gasteiger partial charge in [-0.05, 0) is 46.0 Å². The highest BCUT2D eigenvalue weighted by Gasteiger charge is 2.48. The van der Waals surface area contributed by atoms with Crippen LogP contribution in [0.3, 0.4) is 0 Å². The van der Waals surface area contributed by atoms with E-state index in [-0.39, 0.29) is 49.9 Å². The molecular weight excluding hydrogens is 500 g/mol. The Balaban J connectivity index is 1.75. The predicted molar refractivity (Wildman–Crippen MR) is 135 cm³/mol. The van der Waals surface area contributed by atoms with Crippen LogP contribution in [0.2, 0.25) is 0 Å². The fourth-order valence-corrected chi connectivity index (χ4v) is 4.83. The number of hydrogen-bond acceptors (Lipinski definition) is 9. The number of aliphatic hydroxyl groups excluding tert-OH is 3. The Morgan fingerprint density at radius 2 is 1.66 bits per heavy atom. The molecule has 38 heavy (non-hydrogen) atoms. The third-order valence-corrected chi connectivity index (χ3v) is 7.45. The predicted octanol–water partition coefficient (Wildman–Crippen LogP) is 2.05. The maximum Gasteiger partial charge on any atom is 0.345 e. The Labute approximate surface area is 223 Å². The van der Waals surface area contributed by atoms with Crippen LogP contribution in [0.4, 0.5) is 0 Å². The van der Waals surface area contributed by atoms with Crippen molar-refractivity contribution in [1.82, 2.24) is 0 Å². The summed E-state index contributed by atoms with van der Waals surface area (Å²) >= 11 is 0. The van der Waals surface area contributed by atoms with E-state index in [4.69, 9.17) is 19.3 Å². The molecule has 0 aromatic heterocycles. The Morgan fingerprint density at radius 3 is 2.29 bits per heavy atom. The van der Waals surface area contributed by atoms with Gasteiger partial charge >= 0.3 is 17.9 Å². The molecule has 0 spiro atoms. The summed E-state index contributed by atoms with van der Waals surface area (Å²) in [6, 6.07) is 0. The first kappa shape index (κ1) is 32.2. The number of carboxylic acid groups (broad SMARTS) is 2. The van der Waals surface area contributed by atoms with Crippen LogP contribution < -0.4 is 0 Å². The second-order valence-corrected chi connectivity index (χ2v) is 10.7. The zero-order valence-electron chi connectivity index (χ0n) is 22.5. The van der Waals surface area contributed by atoms with Gasteiger partial charge in [0.15, 0.2) is 6.10 Å². The number of rotatable bonds is 17. The van der Waals surface area contributed by atoms with Crippen LogP contribution in [0.1, 0.15) is 78.6 Å². The van der Waals surface area contributed by atoms with Gasteiger partial charge in [0.25, 0.3) is 0 Å². The number of unbranched alkanes of at least 4 members (excludes halogenated alkanes) is 4. The zero-order valence-corrected chi connectivity index (χ0v) is 22.5. The minimum absolute atomic E-state index is 0.0250. The molecule has 11 nitrogen and oxygen atoms in total. The molecule has 0 aromatic carbocycles. The van der Waals surface area contributed by atoms with Crippen LogP contribution in [-0.4, -0.2) is 92.8 Å². The minimum atomic E-state index is -1.28. The topological polar surface area (TPSA) is 183 Å². The van der Waals surface area contributed by atoms with Crippen LogP contribution in [0.5, 0.6) is 0 Å². The molecule has 2 heterocycles. The van der Waals surface area contributed by atoms with Crippen LogP contribution in [-0.2, 0) is 28.6 Å². The third kappa shape index (κ3) is 10.6. The number of carboxylic acids is 2. The van der Waals surface area contributed by atoms with E-state index in [0.29, 0.717) is 31.3 Å². The fourth-order valence-electron chi connectivity index (χ4n) is 4.83. The zero-order chi connectivity index (χ0) is 28.4. The highest BCUT2D eigenvalue weighted by atomic mass is 16.6. The Bertz CT molecular complexity index is 811. The van der Waals surface area contributed by atoms with E-state index < -0.39 is 48.4 Å². The van der Waals surface area contributed by atoms with Gasteiger partial charge in [0, 0.05) is 24.3 Å². The molecule has 0 aliphatic carbocycles. The Hall–Kier alpha value is -2.05. The van der Waals surface area contributed by atoms with Crippen molar-refractivity contribution in [3.63, 3.8) is 0 Å². The highest BCUT2D eigenvalue weighted by Crippen LogP contribution is 2.38. The highest BCUT2D eigenvalue weighted by molar-refractivity contribution is 5.85. The largest absolute Gasteiger partial charge is 0.481 e. The third-order valence-electron chi connectivity index (χ3n) is 7.45. The molecular formula is C27H44O11. The number of epoxide rings is 1. The lowest BCUT2D eigenvalue weighted by atomic mass is 9.85. The summed E-state index contributed by atoms with van der Waals surface area (Å²) in [6.07, 6.45) is 0.587. The van der Waals surface area contributed by atoms with Gasteiger partial charge in [-0.2, -0.15) is 0 Å². The Kier molecular flexibility index (Phi) is 13.1. The average Bonchev–Trinajstić information content (AvgIpc) is 3.60. The van der Waals surface area contributed by atoms with E-state index in [2.05, 4.69) is 0 Å². The number of aliphatic hydroxyl groups is 3. The van der Waals surface area contributed by atoms with E-state index in [9.17, 15) is 34.8 Å². The summed E-state index contributed by atoms with van der Waals surface area (Å²) in [5.74, 6) is -3.22. The van der Waals surface area contributed by atoms with Gasteiger partial charge < -0.3 is 39.7 Å². The van der Waals surface area contributed by atoms with Crippen LogP contribution in [0.25, 0.3) is 0 Å². The van der Waals surface area contributed by atoms with Crippen LogP contribution in [0, 0.1) is 11.8 Å². The van der Waals surface area contributed by atoms with E-state index in [1.165, 1.54) is 6.08 Å². The van der Waals surface area contributed by atoms with Crippen molar-refractivity contribution in [3.8, 4) is 0 Å². The lowest BCUT2D eigenvalue weighted by Gasteiger charge is -2.38. The van der Waals surface area contributed by atoms with E-state index >= 15 is 0 Å². The van der Waals surface area contributed by atoms with Crippen molar-refractivity contribution in [2.45, 2.75) is 121 Å². The molecule has 0 aromatic rings. The molecule has 2 saturated heterocycles. The number of carbonyl (C=O) groups excluding carboxylic acids is 1. The molecule has 5 N–H and O–H groups in total. The summed E-state index contributed by atoms with van der Waals surface area (Å²) in [5.41, 5.74) is 0.517. The molecule has 2 aliphatic rings. The van der Waals surface area contributed by atoms with Gasteiger partial charge in [-0.25, -0.2) is 9.59 Å². The first-order chi connectivity index (χ1) is 17.9. The lowest BCUT2D eigenvalue weighted by Crippen LogP contribution is -2.50. The smallest absolute Gasteiger partial charge is 0.345 e. The van der Waals surface area contributed by atoms with Crippen molar-refractivity contribution < 1.29 is 54.1 Å². The molecule has 218 valence electrons. The van der Waals surface area contributed by atoms with E-state index in [0.717, 1.165) is 12.8 Å². The van der Waals surface area contributed by atoms with Crippen LogP contribution >= 0.6 is 0 Å². The summed E-state index contributed by atoms with van der Waals surface area (Å²) in [7, 11) is 0. The molecule has 2 rings (SSSR count). The monoisotopic (exact) mass is 544 g/mol. The lowest BCUT2D eigenvalue weighted by molar-refractivity contribution is -0.165. The van der Waals surface area contributed by atoms with Crippen LogP contribution in [0.15, 0.2) is 11.6 Å². The second-order valence-electron chi connectivity index (χ2n) is 10.7. The van der Waals surface area contributed by atoms with Crippen molar-refractivity contribution in [1.29, 1.82) is 0 Å². The fraction of sp³-hybridized carbons (Fsp3) is 0.815. The molecule has 2 fully saturated rings. The average molecular weight is 545 g/mol. The quantitative estimate of drug-likeness (QED) is 0.0781. The van der Waals surface area contributed by atoms with E-state index in [1.807, 2.05) is 6.92 Å². The number of hydrogen-bond donors (Lipinski definition) is 5. The summed E-state index contributed by atoms with van der Waals surface area (Å²) < 4.78 is 16.5. The van der Waals surface area contributed by atoms with Gasteiger partial charge in [0.1, 0.15) is 6.10 Å². The van der Waals surface area contributed by atoms with Gasteiger partial charge in [-0.15, -0.1) is 0 Å². The molecule has 0 radical (unpaired) electrons. The first-order valence-electron chi connectivity index (χ1n) is 13.5. The number of carbonyl (C=O) groups is 3. The molecule has 11 heteroatoms. The van der Waals surface area contributed by atoms with Gasteiger partial charge in [-0.1, -0.05) is 31.8 Å². The van der Waals surface area contributed by atoms with E-state index in [1.54, 1.807) is 13.8 Å². The Morgan fingerprint density at radius 1 is 1.00 bits per heavy atom. The molecule has 0 saturated carbocycles. The SMILES string of the molecule is CC(=CC(=O)OC(CCCCCCCC(=O)O)C(=O)O)CC1OC[C@H](C[C@@H]2OC2C(C)C(C)O)[C@@H](O)[C@H]1O. The van der Waals surface area contributed by atoms with Crippen molar-refractivity contribution in [2.75, 3.05) is 6.61 Å². The van der Waals surface area contributed by atoms with Gasteiger partial charge in [-0.3, -0.25) is 4.79 Å². The molecule has 2 aliphatic heterocycles. The van der Waals surface area contributed by atoms with Crippen molar-refractivity contribution in [2.24, 2.45) is 11.8 Å². The maximum atomic E-state index is 12.3. The number of aliphatic carboxylic acids is 2. The number of ether oxygens (including phenoxy) is 3. The molecule has 5 unspecified atom stereocenters. The molecule has 9 atom stereocenters. The maximum absolute atomic E-state index is 12.3. The first-order valence-corrected chi connectivity index (χ1v) is 13.5. The van der Waals surface area contributed by atoms with Crippen molar-refractivity contribution >= 4 is 17.9 Å². The minimum Gasteiger partial charge on any atom is -0.481 e. The van der Waals surface area contributed by atoms with Crippen molar-refractivity contribution in [3.05, 3.63) is 11.6 Å². The van der Waals surface area contributed by atoms with Gasteiger partial charge in [0.2, 0.25) is 0 Å².